The van der Waals surface area contributed by atoms with Gasteiger partial charge in [-0.2, -0.15) is 0 Å². The highest BCUT2D eigenvalue weighted by atomic mass is 16.6. The molecule has 0 radical (unpaired) electrons. The lowest BCUT2D eigenvalue weighted by Gasteiger charge is -2.17. The van der Waals surface area contributed by atoms with Crippen molar-refractivity contribution >= 4 is 43.9 Å². The van der Waals surface area contributed by atoms with Crippen LogP contribution in [0.3, 0.4) is 0 Å². The van der Waals surface area contributed by atoms with E-state index in [1.807, 2.05) is 101 Å². The fraction of sp³-hybridized carbons (Fsp3) is 0.220. The zero-order valence-electron chi connectivity index (χ0n) is 42.0. The number of pyridine rings is 2. The van der Waals surface area contributed by atoms with Crippen molar-refractivity contribution < 1.29 is 36.6 Å². The molecular weight excluding hydrogens is 921 g/mol. The maximum atomic E-state index is 6.28. The molecule has 0 aliphatic carbocycles. The number of fused-ring (bicyclic) bond motifs is 6. The van der Waals surface area contributed by atoms with Gasteiger partial charge in [0, 0.05) is 83.7 Å². The molecule has 14 nitrogen and oxygen atoms in total. The number of benzene rings is 2. The molecule has 12 aromatic rings. The van der Waals surface area contributed by atoms with Crippen LogP contribution in [0.15, 0.2) is 140 Å². The molecule has 10 heterocycles. The first-order chi connectivity index (χ1) is 35.7. The van der Waals surface area contributed by atoms with E-state index >= 15 is 0 Å². The van der Waals surface area contributed by atoms with Crippen molar-refractivity contribution in [3.63, 3.8) is 0 Å². The highest BCUT2D eigenvalue weighted by Gasteiger charge is 2.28. The first-order valence-corrected chi connectivity index (χ1v) is 24.8. The molecule has 0 N–H and O–H groups in total. The summed E-state index contributed by atoms with van der Waals surface area (Å²) < 4.78 is 57.4. The van der Waals surface area contributed by atoms with Crippen molar-refractivity contribution in [2.24, 2.45) is 0 Å². The first kappa shape index (κ1) is 45.4. The number of rotatable bonds is 16. The predicted molar refractivity (Wildman–Crippen MR) is 283 cm³/mol. The van der Waals surface area contributed by atoms with Crippen molar-refractivity contribution in [1.82, 2.24) is 28.2 Å². The molecule has 0 aliphatic rings. The molecule has 0 fully saturated rings. The number of hydrogen-bond donors (Lipinski definition) is 0. The van der Waals surface area contributed by atoms with Crippen LogP contribution in [0.4, 0.5) is 0 Å². The molecule has 10 aromatic heterocycles. The average Bonchev–Trinajstić information content (AvgIpc) is 4.24. The zero-order chi connectivity index (χ0) is 50.1. The Morgan fingerprint density at radius 3 is 1.07 bits per heavy atom. The summed E-state index contributed by atoms with van der Waals surface area (Å²) in [5.74, 6) is 4.40. The second kappa shape index (κ2) is 18.1. The molecule has 0 unspecified atom stereocenters. The number of hydrogen-bond acceptors (Lipinski definition) is 10. The Bertz CT molecular complexity index is 3650. The Morgan fingerprint density at radius 2 is 0.753 bits per heavy atom. The summed E-state index contributed by atoms with van der Waals surface area (Å²) in [4.78, 5) is 10.3. The van der Waals surface area contributed by atoms with Gasteiger partial charge in [0.25, 0.3) is 23.8 Å². The smallest absolute Gasteiger partial charge is 0.284 e. The molecule has 0 atom stereocenters. The SMILES string of the molecule is CCOc1ccc(-c2cn(-c3c(C)cc(C)c4c3c3ncccc3n4Cn3c4cccnc4c4c(-n5cc(-c6ccc(OCC)o6)c(-c6ccc(OCC)o6)c5)c(C)cc(C)c43)cc2-c2ccc(OCC)o2)o1. The van der Waals surface area contributed by atoms with Gasteiger partial charge in [-0.15, -0.1) is 0 Å². The first-order valence-electron chi connectivity index (χ1n) is 24.8. The van der Waals surface area contributed by atoms with E-state index in [1.165, 1.54) is 0 Å². The van der Waals surface area contributed by atoms with Gasteiger partial charge in [-0.25, -0.2) is 0 Å². The molecule has 368 valence electrons. The summed E-state index contributed by atoms with van der Waals surface area (Å²) in [6, 6.07) is 28.0. The average molecular weight is 975 g/mol. The van der Waals surface area contributed by atoms with Gasteiger partial charge in [0.1, 0.15) is 29.7 Å². The molecule has 0 bridgehead atoms. The Balaban J connectivity index is 1.06. The summed E-state index contributed by atoms with van der Waals surface area (Å²) >= 11 is 0. The number of aryl methyl sites for hydroxylation is 4. The van der Waals surface area contributed by atoms with E-state index in [0.29, 0.717) is 79.9 Å². The second-order valence-corrected chi connectivity index (χ2v) is 18.1. The third-order valence-corrected chi connectivity index (χ3v) is 13.5. The third kappa shape index (κ3) is 7.54. The van der Waals surface area contributed by atoms with Gasteiger partial charge < -0.3 is 54.9 Å². The minimum atomic E-state index is 0.447. The van der Waals surface area contributed by atoms with Gasteiger partial charge in [0.15, 0.2) is 0 Å². The fourth-order valence-electron chi connectivity index (χ4n) is 10.7. The summed E-state index contributed by atoms with van der Waals surface area (Å²) in [7, 11) is 0. The normalized spacial score (nSPS) is 11.8. The van der Waals surface area contributed by atoms with Gasteiger partial charge >= 0.3 is 0 Å². The lowest BCUT2D eigenvalue weighted by atomic mass is 10.0. The van der Waals surface area contributed by atoms with Gasteiger partial charge in [0.05, 0.1) is 81.7 Å². The molecule has 0 saturated carbocycles. The molecular formula is C59H54N6O8. The topological polar surface area (TPSA) is 135 Å². The molecule has 14 heteroatoms. The minimum absolute atomic E-state index is 0.447. The highest BCUT2D eigenvalue weighted by molar-refractivity contribution is 6.14. The van der Waals surface area contributed by atoms with Crippen LogP contribution in [0.25, 0.3) is 101 Å². The molecule has 73 heavy (non-hydrogen) atoms. The van der Waals surface area contributed by atoms with E-state index in [2.05, 4.69) is 95.0 Å². The van der Waals surface area contributed by atoms with Crippen LogP contribution < -0.4 is 18.9 Å². The maximum Gasteiger partial charge on any atom is 0.284 e. The monoisotopic (exact) mass is 974 g/mol. The zero-order valence-corrected chi connectivity index (χ0v) is 42.0. The predicted octanol–water partition coefficient (Wildman–Crippen LogP) is 14.6. The molecule has 0 spiro atoms. The van der Waals surface area contributed by atoms with Gasteiger partial charge in [-0.1, -0.05) is 12.1 Å². The number of furan rings is 4. The number of nitrogens with zero attached hydrogens (tertiary/aromatic N) is 6. The lowest BCUT2D eigenvalue weighted by Crippen LogP contribution is -2.10. The summed E-state index contributed by atoms with van der Waals surface area (Å²) in [5.41, 5.74) is 15.7. The minimum Gasteiger partial charge on any atom is -0.465 e. The van der Waals surface area contributed by atoms with Crippen LogP contribution in [0.1, 0.15) is 49.9 Å². The van der Waals surface area contributed by atoms with Gasteiger partial charge in [-0.3, -0.25) is 9.97 Å². The van der Waals surface area contributed by atoms with Crippen molar-refractivity contribution in [2.45, 2.75) is 62.1 Å². The summed E-state index contributed by atoms with van der Waals surface area (Å²) in [5, 5.41) is 2.06. The number of ether oxygens (including phenoxy) is 4. The van der Waals surface area contributed by atoms with Crippen LogP contribution in [-0.4, -0.2) is 54.7 Å². The lowest BCUT2D eigenvalue weighted by molar-refractivity contribution is 0.259. The fourth-order valence-corrected chi connectivity index (χ4v) is 10.7. The van der Waals surface area contributed by atoms with Gasteiger partial charge in [0.2, 0.25) is 0 Å². The number of aromatic nitrogens is 6. The molecule has 0 aliphatic heterocycles. The van der Waals surface area contributed by atoms with Crippen molar-refractivity contribution in [3.8, 4) is 80.5 Å². The second-order valence-electron chi connectivity index (χ2n) is 18.1. The third-order valence-electron chi connectivity index (χ3n) is 13.5. The van der Waals surface area contributed by atoms with E-state index in [1.54, 1.807) is 0 Å². The van der Waals surface area contributed by atoms with Crippen LogP contribution >= 0.6 is 0 Å². The van der Waals surface area contributed by atoms with E-state index < -0.39 is 0 Å². The van der Waals surface area contributed by atoms with E-state index in [4.69, 9.17) is 46.6 Å². The van der Waals surface area contributed by atoms with Crippen LogP contribution in [-0.2, 0) is 6.67 Å². The van der Waals surface area contributed by atoms with Crippen molar-refractivity contribution in [2.75, 3.05) is 26.4 Å². The van der Waals surface area contributed by atoms with Crippen LogP contribution in [0.5, 0.6) is 23.8 Å². The Labute approximate surface area is 420 Å². The summed E-state index contributed by atoms with van der Waals surface area (Å²) in [6.45, 7) is 18.9. The molecule has 0 saturated heterocycles. The molecule has 2 aromatic carbocycles. The van der Waals surface area contributed by atoms with Crippen LogP contribution in [0.2, 0.25) is 0 Å². The van der Waals surface area contributed by atoms with E-state index in [0.717, 1.165) is 99.8 Å². The van der Waals surface area contributed by atoms with Crippen molar-refractivity contribution in [3.05, 3.63) is 144 Å². The quantitative estimate of drug-likeness (QED) is 0.0921. The summed E-state index contributed by atoms with van der Waals surface area (Å²) in [6.07, 6.45) is 12.2. The Morgan fingerprint density at radius 1 is 0.425 bits per heavy atom. The highest BCUT2D eigenvalue weighted by Crippen LogP contribution is 2.45. The van der Waals surface area contributed by atoms with E-state index in [-0.39, 0.29) is 0 Å². The maximum absolute atomic E-state index is 6.28. The van der Waals surface area contributed by atoms with E-state index in [9.17, 15) is 0 Å². The Kier molecular flexibility index (Phi) is 11.3. The van der Waals surface area contributed by atoms with Gasteiger partial charge in [-0.05, 0) is 126 Å². The molecule has 12 rings (SSSR count). The standard InChI is InChI=1S/C59H54N6O8/c1-9-66-48-21-17-44(70-48)38-29-62(30-39(38)45-18-22-49(71-45)67-10-2)56-34(5)27-36(7)58-52(56)54-42(15-13-25-60-54)64(58)33-65-43-16-14-26-61-55(43)53-57(35(6)28-37(8)59(53)65)63-31-40(46-19-23-50(72-46)68-11-3)41(32-63)47-20-24-51(73-47)69-12-4/h13-32H,9-12,33H2,1-8H3. The molecule has 0 amide bonds. The Hall–Kier alpha value is -8.78. The van der Waals surface area contributed by atoms with Crippen LogP contribution in [0, 0.1) is 27.7 Å². The largest absolute Gasteiger partial charge is 0.465 e. The van der Waals surface area contributed by atoms with Crippen molar-refractivity contribution in [1.29, 1.82) is 0 Å².